The third-order valence-corrected chi connectivity index (χ3v) is 3.87. The molecule has 0 atom stereocenters. The van der Waals surface area contributed by atoms with E-state index in [-0.39, 0.29) is 10.6 Å². The van der Waals surface area contributed by atoms with Crippen molar-refractivity contribution in [2.75, 3.05) is 7.11 Å². The van der Waals surface area contributed by atoms with E-state index in [1.165, 1.54) is 6.07 Å². The van der Waals surface area contributed by atoms with E-state index in [1.54, 1.807) is 19.2 Å². The van der Waals surface area contributed by atoms with Gasteiger partial charge in [-0.25, -0.2) is 0 Å². The Hall–Kier alpha value is -3.14. The molecule has 0 unspecified atom stereocenters. The van der Waals surface area contributed by atoms with E-state index >= 15 is 0 Å². The Morgan fingerprint density at radius 1 is 1.12 bits per heavy atom. The predicted octanol–water partition coefficient (Wildman–Crippen LogP) is 4.66. The van der Waals surface area contributed by atoms with E-state index in [0.29, 0.717) is 6.42 Å². The number of nitrogens with zero attached hydrogens (tertiary/aromatic N) is 1. The molecule has 0 aromatic heterocycles. The van der Waals surface area contributed by atoms with Gasteiger partial charge in [0, 0.05) is 12.1 Å². The lowest BCUT2D eigenvalue weighted by Crippen LogP contribution is -1.94. The van der Waals surface area contributed by atoms with E-state index in [4.69, 9.17) is 4.74 Å². The van der Waals surface area contributed by atoms with Gasteiger partial charge in [-0.05, 0) is 52.9 Å². The largest absolute Gasteiger partial charge is 0.497 e. The van der Waals surface area contributed by atoms with Crippen LogP contribution in [0.5, 0.6) is 5.75 Å². The summed E-state index contributed by atoms with van der Waals surface area (Å²) in [6, 6.07) is 23.5. The third-order valence-electron chi connectivity index (χ3n) is 3.87. The maximum Gasteiger partial charge on any atom is 0.269 e. The molecule has 3 aromatic rings. The molecule has 3 rings (SSSR count). The summed E-state index contributed by atoms with van der Waals surface area (Å²) in [4.78, 5) is 10.6. The summed E-state index contributed by atoms with van der Waals surface area (Å²) in [5, 5.41) is 10.9. The molecule has 0 saturated heterocycles. The van der Waals surface area contributed by atoms with Crippen LogP contribution in [0.25, 0.3) is 11.1 Å². The van der Waals surface area contributed by atoms with Crippen molar-refractivity contribution in [2.24, 2.45) is 0 Å². The molecule has 0 spiro atoms. The summed E-state index contributed by atoms with van der Waals surface area (Å²) in [5.74, 6) is 0.805. The van der Waals surface area contributed by atoms with Gasteiger partial charge in [-0.15, -0.1) is 0 Å². The van der Waals surface area contributed by atoms with E-state index in [1.807, 2.05) is 48.5 Å². The van der Waals surface area contributed by atoms with E-state index < -0.39 is 0 Å². The number of nitro groups is 1. The molecule has 0 aliphatic heterocycles. The average molecular weight is 318 g/mol. The molecule has 119 valence electrons. The van der Waals surface area contributed by atoms with Crippen molar-refractivity contribution in [3.63, 3.8) is 0 Å². The van der Waals surface area contributed by atoms with Gasteiger partial charge < -0.3 is 4.74 Å². The smallest absolute Gasteiger partial charge is 0.269 e. The summed E-state index contributed by atoms with van der Waals surface area (Å²) in [6.45, 7) is 0. The van der Waals surface area contributed by atoms with E-state index in [9.17, 15) is 10.1 Å². The quantitative estimate of drug-likeness (QED) is 0.508. The van der Waals surface area contributed by atoms with Gasteiger partial charge in [-0.1, -0.05) is 36.4 Å². The lowest BCUT2D eigenvalue weighted by atomic mass is 9.95. The average Bonchev–Trinajstić information content (AvgIpc) is 2.62. The SMILES string of the molecule is COc1ccc(-c2c[c]ccc2Cc2cccc([N+](=O)[O-])c2)cc1. The molecule has 0 amide bonds. The van der Waals surface area contributed by atoms with Crippen LogP contribution in [0.2, 0.25) is 0 Å². The molecule has 0 bridgehead atoms. The highest BCUT2D eigenvalue weighted by Crippen LogP contribution is 2.28. The molecule has 0 fully saturated rings. The van der Waals surface area contributed by atoms with Gasteiger partial charge in [0.25, 0.3) is 5.69 Å². The molecule has 4 nitrogen and oxygen atoms in total. The zero-order chi connectivity index (χ0) is 16.9. The van der Waals surface area contributed by atoms with Gasteiger partial charge in [0.2, 0.25) is 0 Å². The Bertz CT molecular complexity index is 857. The number of hydrogen-bond donors (Lipinski definition) is 0. The first-order chi connectivity index (χ1) is 11.7. The molecule has 0 aliphatic carbocycles. The molecule has 0 N–H and O–H groups in total. The third kappa shape index (κ3) is 3.43. The van der Waals surface area contributed by atoms with Crippen LogP contribution in [-0.4, -0.2) is 12.0 Å². The summed E-state index contributed by atoms with van der Waals surface area (Å²) < 4.78 is 5.19. The maximum absolute atomic E-state index is 10.9. The first-order valence-corrected chi connectivity index (χ1v) is 7.54. The van der Waals surface area contributed by atoms with Gasteiger partial charge >= 0.3 is 0 Å². The zero-order valence-corrected chi connectivity index (χ0v) is 13.2. The summed E-state index contributed by atoms with van der Waals surface area (Å²) >= 11 is 0. The Morgan fingerprint density at radius 3 is 2.62 bits per heavy atom. The zero-order valence-electron chi connectivity index (χ0n) is 13.2. The van der Waals surface area contributed by atoms with Gasteiger partial charge in [0.1, 0.15) is 5.75 Å². The number of hydrogen-bond acceptors (Lipinski definition) is 3. The standard InChI is InChI=1S/C20H16NO3/c1-24-19-11-9-16(10-12-19)20-8-3-2-6-17(20)13-15-5-4-7-18(14-15)21(22)23/h2,4-12,14H,13H2,1H3. The molecule has 0 saturated carbocycles. The fraction of sp³-hybridized carbons (Fsp3) is 0.100. The molecule has 0 aliphatic rings. The Kier molecular flexibility index (Phi) is 4.57. The lowest BCUT2D eigenvalue weighted by molar-refractivity contribution is -0.384. The highest BCUT2D eigenvalue weighted by molar-refractivity contribution is 5.68. The van der Waals surface area contributed by atoms with Crippen molar-refractivity contribution >= 4 is 5.69 Å². The second-order valence-corrected chi connectivity index (χ2v) is 5.42. The monoisotopic (exact) mass is 318 g/mol. The van der Waals surface area contributed by atoms with Gasteiger partial charge in [0.15, 0.2) is 0 Å². The van der Waals surface area contributed by atoms with Crippen LogP contribution in [-0.2, 0) is 6.42 Å². The van der Waals surface area contributed by atoms with Crippen LogP contribution in [0.1, 0.15) is 11.1 Å². The van der Waals surface area contributed by atoms with Gasteiger partial charge in [-0.2, -0.15) is 0 Å². The van der Waals surface area contributed by atoms with Crippen molar-refractivity contribution < 1.29 is 9.66 Å². The van der Waals surface area contributed by atoms with Gasteiger partial charge in [-0.3, -0.25) is 10.1 Å². The van der Waals surface area contributed by atoms with Crippen molar-refractivity contribution in [2.45, 2.75) is 6.42 Å². The normalized spacial score (nSPS) is 10.4. The summed E-state index contributed by atoms with van der Waals surface area (Å²) in [5.41, 5.74) is 4.24. The van der Waals surface area contributed by atoms with Crippen LogP contribution in [0.15, 0.2) is 66.7 Å². The fourth-order valence-electron chi connectivity index (χ4n) is 2.66. The minimum Gasteiger partial charge on any atom is -0.497 e. The number of nitro benzene ring substituents is 1. The number of ether oxygens (including phenoxy) is 1. The molecule has 1 radical (unpaired) electrons. The van der Waals surface area contributed by atoms with Crippen LogP contribution < -0.4 is 4.74 Å². The van der Waals surface area contributed by atoms with Gasteiger partial charge in [0.05, 0.1) is 12.0 Å². The molecule has 24 heavy (non-hydrogen) atoms. The minimum absolute atomic E-state index is 0.112. The maximum atomic E-state index is 10.9. The summed E-state index contributed by atoms with van der Waals surface area (Å²) in [7, 11) is 1.64. The Labute approximate surface area is 140 Å². The van der Waals surface area contributed by atoms with E-state index in [0.717, 1.165) is 28.0 Å². The lowest BCUT2D eigenvalue weighted by Gasteiger charge is -2.10. The molecule has 0 heterocycles. The number of rotatable bonds is 5. The van der Waals surface area contributed by atoms with Crippen LogP contribution in [0.3, 0.4) is 0 Å². The minimum atomic E-state index is -0.368. The van der Waals surface area contributed by atoms with Crippen molar-refractivity contribution in [3.8, 4) is 16.9 Å². The number of methoxy groups -OCH3 is 1. The Balaban J connectivity index is 1.94. The molecular formula is C20H16NO3. The van der Waals surface area contributed by atoms with Crippen molar-refractivity contribution in [1.82, 2.24) is 0 Å². The van der Waals surface area contributed by atoms with E-state index in [2.05, 4.69) is 6.07 Å². The summed E-state index contributed by atoms with van der Waals surface area (Å²) in [6.07, 6.45) is 0.623. The second-order valence-electron chi connectivity index (χ2n) is 5.42. The van der Waals surface area contributed by atoms with Crippen molar-refractivity contribution in [1.29, 1.82) is 0 Å². The first-order valence-electron chi connectivity index (χ1n) is 7.54. The second kappa shape index (κ2) is 6.96. The fourth-order valence-corrected chi connectivity index (χ4v) is 2.66. The topological polar surface area (TPSA) is 52.4 Å². The Morgan fingerprint density at radius 2 is 1.92 bits per heavy atom. The molecule has 3 aromatic carbocycles. The number of non-ortho nitro benzene ring substituents is 1. The predicted molar refractivity (Wildman–Crippen MR) is 93.2 cm³/mol. The molecular weight excluding hydrogens is 302 g/mol. The first kappa shape index (κ1) is 15.7. The van der Waals surface area contributed by atoms with Crippen molar-refractivity contribution in [3.05, 3.63) is 94.0 Å². The highest BCUT2D eigenvalue weighted by Gasteiger charge is 2.09. The van der Waals surface area contributed by atoms with Crippen LogP contribution in [0, 0.1) is 16.2 Å². The molecule has 4 heteroatoms. The highest BCUT2D eigenvalue weighted by atomic mass is 16.6. The van der Waals surface area contributed by atoms with Crippen LogP contribution >= 0.6 is 0 Å². The van der Waals surface area contributed by atoms with Crippen LogP contribution in [0.4, 0.5) is 5.69 Å². The number of benzene rings is 3.